The second-order valence-corrected chi connectivity index (χ2v) is 7.46. The molecule has 3 N–H and O–H groups in total. The number of halogens is 1. The Morgan fingerprint density at radius 3 is 2.24 bits per heavy atom. The maximum atomic E-state index is 12.9. The van der Waals surface area contributed by atoms with E-state index in [1.54, 1.807) is 24.3 Å². The zero-order valence-corrected chi connectivity index (χ0v) is 15.4. The summed E-state index contributed by atoms with van der Waals surface area (Å²) in [4.78, 5) is -0.00240. The lowest BCUT2D eigenvalue weighted by Gasteiger charge is -2.11. The minimum Gasteiger partial charge on any atom is -0.362 e. The minimum absolute atomic E-state index is 0.00240. The van der Waals surface area contributed by atoms with E-state index in [4.69, 9.17) is 12.2 Å². The number of rotatable bonds is 7. The number of thiocarbonyl (C=S) groups is 1. The molecule has 0 spiro atoms. The van der Waals surface area contributed by atoms with Gasteiger partial charge in [0.05, 0.1) is 4.90 Å². The fourth-order valence-corrected chi connectivity index (χ4v) is 3.28. The van der Waals surface area contributed by atoms with Crippen LogP contribution in [0.2, 0.25) is 0 Å². The van der Waals surface area contributed by atoms with Crippen LogP contribution in [0.15, 0.2) is 53.4 Å². The van der Waals surface area contributed by atoms with Gasteiger partial charge >= 0.3 is 0 Å². The third kappa shape index (κ3) is 5.99. The molecule has 0 amide bonds. The Morgan fingerprint density at radius 2 is 1.64 bits per heavy atom. The predicted octanol–water partition coefficient (Wildman–Crippen LogP) is 3.71. The molecule has 5 nitrogen and oxygen atoms in total. The zero-order chi connectivity index (χ0) is 18.3. The average Bonchev–Trinajstić information content (AvgIpc) is 2.57. The molecule has 2 aromatic carbocycles. The molecule has 0 atom stereocenters. The molecule has 0 aliphatic heterocycles. The Morgan fingerprint density at radius 1 is 1.04 bits per heavy atom. The van der Waals surface area contributed by atoms with Crippen molar-refractivity contribution in [3.8, 4) is 0 Å². The average molecular weight is 381 g/mol. The van der Waals surface area contributed by atoms with E-state index in [9.17, 15) is 12.8 Å². The van der Waals surface area contributed by atoms with Crippen LogP contribution in [0.1, 0.15) is 19.8 Å². The number of hydrogen-bond donors (Lipinski definition) is 3. The van der Waals surface area contributed by atoms with Crippen molar-refractivity contribution in [3.05, 3.63) is 54.3 Å². The summed E-state index contributed by atoms with van der Waals surface area (Å²) < 4.78 is 39.8. The summed E-state index contributed by atoms with van der Waals surface area (Å²) in [6.07, 6.45) is 2.12. The summed E-state index contributed by atoms with van der Waals surface area (Å²) >= 11 is 5.18. The summed E-state index contributed by atoms with van der Waals surface area (Å²) in [5.74, 6) is -0.488. The van der Waals surface area contributed by atoms with E-state index in [2.05, 4.69) is 22.3 Å². The largest absolute Gasteiger partial charge is 0.362 e. The molecule has 0 aliphatic rings. The maximum absolute atomic E-state index is 12.9. The second-order valence-electron chi connectivity index (χ2n) is 5.37. The van der Waals surface area contributed by atoms with Gasteiger partial charge in [-0.2, -0.15) is 0 Å². The van der Waals surface area contributed by atoms with Gasteiger partial charge in [0, 0.05) is 17.9 Å². The molecule has 0 aromatic heterocycles. The number of hydrogen-bond acceptors (Lipinski definition) is 3. The Hall–Kier alpha value is -2.19. The van der Waals surface area contributed by atoms with Crippen LogP contribution in [-0.2, 0) is 10.0 Å². The highest BCUT2D eigenvalue weighted by atomic mass is 32.2. The molecule has 2 rings (SSSR count). The highest BCUT2D eigenvalue weighted by Gasteiger charge is 2.14. The smallest absolute Gasteiger partial charge is 0.261 e. The molecule has 8 heteroatoms. The fourth-order valence-electron chi connectivity index (χ4n) is 2.00. The molecule has 2 aromatic rings. The van der Waals surface area contributed by atoms with E-state index in [1.807, 2.05) is 0 Å². The third-order valence-corrected chi connectivity index (χ3v) is 4.98. The van der Waals surface area contributed by atoms with Crippen molar-refractivity contribution < 1.29 is 12.8 Å². The Bertz CT molecular complexity index is 807. The number of sulfonamides is 1. The molecule has 0 saturated heterocycles. The van der Waals surface area contributed by atoms with Crippen LogP contribution in [0, 0.1) is 5.82 Å². The lowest BCUT2D eigenvalue weighted by atomic mass is 10.3. The van der Waals surface area contributed by atoms with Gasteiger partial charge in [0.15, 0.2) is 5.11 Å². The standard InChI is InChI=1S/C17H20FN3O2S2/c1-2-3-12-19-17(24)20-14-6-8-15(9-7-14)21-25(22,23)16-10-4-13(18)5-11-16/h4-11,21H,2-3,12H2,1H3,(H2,19,20,24). The third-order valence-electron chi connectivity index (χ3n) is 3.33. The van der Waals surface area contributed by atoms with E-state index in [-0.39, 0.29) is 4.90 Å². The lowest BCUT2D eigenvalue weighted by Crippen LogP contribution is -2.29. The summed E-state index contributed by atoms with van der Waals surface area (Å²) in [5.41, 5.74) is 1.15. The van der Waals surface area contributed by atoms with Gasteiger partial charge in [-0.05, 0) is 67.2 Å². The molecule has 0 fully saturated rings. The van der Waals surface area contributed by atoms with E-state index in [0.717, 1.165) is 37.2 Å². The predicted molar refractivity (Wildman–Crippen MR) is 103 cm³/mol. The van der Waals surface area contributed by atoms with Crippen LogP contribution in [0.25, 0.3) is 0 Å². The summed E-state index contributed by atoms with van der Waals surface area (Å²) in [6.45, 7) is 2.90. The summed E-state index contributed by atoms with van der Waals surface area (Å²) in [6, 6.07) is 11.3. The van der Waals surface area contributed by atoms with Gasteiger partial charge in [0.25, 0.3) is 10.0 Å². The van der Waals surface area contributed by atoms with Crippen LogP contribution in [0.4, 0.5) is 15.8 Å². The Balaban J connectivity index is 1.97. The van der Waals surface area contributed by atoms with Crippen molar-refractivity contribution in [3.63, 3.8) is 0 Å². The first kappa shape index (κ1) is 19.1. The second kappa shape index (κ2) is 8.77. The first-order valence-corrected chi connectivity index (χ1v) is 9.73. The lowest BCUT2D eigenvalue weighted by molar-refractivity contribution is 0.599. The van der Waals surface area contributed by atoms with Gasteiger partial charge < -0.3 is 10.6 Å². The quantitative estimate of drug-likeness (QED) is 0.504. The number of anilines is 2. The molecule has 0 aliphatic carbocycles. The van der Waals surface area contributed by atoms with E-state index in [1.165, 1.54) is 12.1 Å². The van der Waals surface area contributed by atoms with Gasteiger partial charge in [-0.15, -0.1) is 0 Å². The van der Waals surface area contributed by atoms with Crippen molar-refractivity contribution in [2.75, 3.05) is 16.6 Å². The molecule has 0 heterocycles. The van der Waals surface area contributed by atoms with Crippen LogP contribution < -0.4 is 15.4 Å². The number of unbranched alkanes of at least 4 members (excludes halogenated alkanes) is 1. The Labute approximate surface area is 152 Å². The van der Waals surface area contributed by atoms with Gasteiger partial charge in [-0.1, -0.05) is 13.3 Å². The molecule has 134 valence electrons. The highest BCUT2D eigenvalue weighted by Crippen LogP contribution is 2.18. The SMILES string of the molecule is CCCCNC(=S)Nc1ccc(NS(=O)(=O)c2ccc(F)cc2)cc1. The van der Waals surface area contributed by atoms with Gasteiger partial charge in [0.2, 0.25) is 0 Å². The van der Waals surface area contributed by atoms with Crippen molar-refractivity contribution in [2.45, 2.75) is 24.7 Å². The van der Waals surface area contributed by atoms with Crippen molar-refractivity contribution in [2.24, 2.45) is 0 Å². The van der Waals surface area contributed by atoms with Gasteiger partial charge in [-0.25, -0.2) is 12.8 Å². The molecular formula is C17H20FN3O2S2. The molecule has 25 heavy (non-hydrogen) atoms. The van der Waals surface area contributed by atoms with Crippen LogP contribution in [-0.4, -0.2) is 20.1 Å². The van der Waals surface area contributed by atoms with Crippen LogP contribution >= 0.6 is 12.2 Å². The van der Waals surface area contributed by atoms with Crippen molar-refractivity contribution in [1.29, 1.82) is 0 Å². The van der Waals surface area contributed by atoms with Gasteiger partial charge in [-0.3, -0.25) is 4.72 Å². The first-order valence-electron chi connectivity index (χ1n) is 7.84. The number of nitrogens with one attached hydrogen (secondary N) is 3. The van der Waals surface area contributed by atoms with Crippen molar-refractivity contribution >= 4 is 38.7 Å². The van der Waals surface area contributed by atoms with Crippen LogP contribution in [0.3, 0.4) is 0 Å². The zero-order valence-electron chi connectivity index (χ0n) is 13.8. The monoisotopic (exact) mass is 381 g/mol. The molecular weight excluding hydrogens is 361 g/mol. The summed E-state index contributed by atoms with van der Waals surface area (Å²) in [7, 11) is -3.76. The topological polar surface area (TPSA) is 70.2 Å². The molecule has 0 unspecified atom stereocenters. The molecule has 0 bridgehead atoms. The van der Waals surface area contributed by atoms with Gasteiger partial charge in [0.1, 0.15) is 5.82 Å². The first-order chi connectivity index (χ1) is 11.9. The fraction of sp³-hybridized carbons (Fsp3) is 0.235. The maximum Gasteiger partial charge on any atom is 0.261 e. The molecule has 0 radical (unpaired) electrons. The number of benzene rings is 2. The highest BCUT2D eigenvalue weighted by molar-refractivity contribution is 7.92. The summed E-state index contributed by atoms with van der Waals surface area (Å²) in [5, 5.41) is 6.64. The normalized spacial score (nSPS) is 11.0. The minimum atomic E-state index is -3.76. The van der Waals surface area contributed by atoms with Crippen LogP contribution in [0.5, 0.6) is 0 Å². The van der Waals surface area contributed by atoms with E-state index in [0.29, 0.717) is 10.8 Å². The van der Waals surface area contributed by atoms with E-state index < -0.39 is 15.8 Å². The van der Waals surface area contributed by atoms with E-state index >= 15 is 0 Å². The molecule has 0 saturated carbocycles. The van der Waals surface area contributed by atoms with Crippen molar-refractivity contribution in [1.82, 2.24) is 5.32 Å². The Kier molecular flexibility index (Phi) is 6.72.